The Morgan fingerprint density at radius 1 is 1.10 bits per heavy atom. The Hall–Kier alpha value is -3.67. The van der Waals surface area contributed by atoms with E-state index in [4.69, 9.17) is 0 Å². The van der Waals surface area contributed by atoms with Crippen LogP contribution in [0.2, 0.25) is 0 Å². The van der Waals surface area contributed by atoms with Crippen LogP contribution in [0.15, 0.2) is 65.7 Å². The molecule has 4 heterocycles. The minimum absolute atomic E-state index is 0.0396. The SMILES string of the molecule is CN1C(=O)[C@@]2(C[C@H]2c2cn(C)c(=O)c3[nH]c(-c4ccccn4)cc23)c2ccccc21. The highest BCUT2D eigenvalue weighted by Gasteiger charge is 2.67. The van der Waals surface area contributed by atoms with Crippen LogP contribution < -0.4 is 10.5 Å². The monoisotopic (exact) mass is 396 g/mol. The third-order valence-corrected chi connectivity index (χ3v) is 6.71. The van der Waals surface area contributed by atoms with Crippen molar-refractivity contribution < 1.29 is 4.79 Å². The molecule has 3 aromatic heterocycles. The third-order valence-electron chi connectivity index (χ3n) is 6.71. The molecule has 4 aromatic rings. The number of carbonyl (C=O) groups is 1. The molecule has 0 radical (unpaired) electrons. The Morgan fingerprint density at radius 3 is 2.70 bits per heavy atom. The zero-order chi connectivity index (χ0) is 20.6. The van der Waals surface area contributed by atoms with Crippen LogP contribution >= 0.6 is 0 Å². The normalized spacial score (nSPS) is 22.1. The van der Waals surface area contributed by atoms with Crippen molar-refractivity contribution in [2.24, 2.45) is 7.05 Å². The maximum Gasteiger partial charge on any atom is 0.274 e. The van der Waals surface area contributed by atoms with Gasteiger partial charge >= 0.3 is 0 Å². The molecule has 6 heteroatoms. The van der Waals surface area contributed by atoms with Crippen molar-refractivity contribution in [1.29, 1.82) is 0 Å². The molecule has 1 fully saturated rings. The zero-order valence-corrected chi connectivity index (χ0v) is 16.7. The zero-order valence-electron chi connectivity index (χ0n) is 16.7. The van der Waals surface area contributed by atoms with Gasteiger partial charge in [0.2, 0.25) is 5.91 Å². The lowest BCUT2D eigenvalue weighted by atomic mass is 9.91. The number of rotatable bonds is 2. The van der Waals surface area contributed by atoms with Crippen molar-refractivity contribution in [1.82, 2.24) is 14.5 Å². The molecule has 1 saturated carbocycles. The summed E-state index contributed by atoms with van der Waals surface area (Å²) in [5.41, 5.74) is 4.64. The van der Waals surface area contributed by atoms with Crippen LogP contribution in [0.25, 0.3) is 22.3 Å². The number of aromatic amines is 1. The maximum atomic E-state index is 13.3. The molecule has 0 saturated heterocycles. The molecule has 1 aliphatic carbocycles. The van der Waals surface area contributed by atoms with E-state index in [-0.39, 0.29) is 17.4 Å². The van der Waals surface area contributed by atoms with Crippen LogP contribution in [-0.4, -0.2) is 27.5 Å². The van der Waals surface area contributed by atoms with Crippen LogP contribution in [0.3, 0.4) is 0 Å². The molecule has 1 aromatic carbocycles. The quantitative estimate of drug-likeness (QED) is 0.565. The number of carbonyl (C=O) groups excluding carboxylic acids is 1. The van der Waals surface area contributed by atoms with E-state index >= 15 is 0 Å². The molecule has 30 heavy (non-hydrogen) atoms. The second kappa shape index (κ2) is 5.69. The van der Waals surface area contributed by atoms with Gasteiger partial charge in [0.15, 0.2) is 0 Å². The van der Waals surface area contributed by atoms with E-state index in [1.807, 2.05) is 55.7 Å². The Bertz CT molecular complexity index is 1400. The van der Waals surface area contributed by atoms with E-state index in [2.05, 4.69) is 16.0 Å². The number of fused-ring (bicyclic) bond motifs is 3. The van der Waals surface area contributed by atoms with Crippen molar-refractivity contribution >= 4 is 22.5 Å². The number of likely N-dealkylation sites (N-methyl/N-ethyl adjacent to an activating group) is 1. The summed E-state index contributed by atoms with van der Waals surface area (Å²) in [5, 5.41) is 0.875. The average molecular weight is 396 g/mol. The van der Waals surface area contributed by atoms with Crippen LogP contribution in [0, 0.1) is 0 Å². The lowest BCUT2D eigenvalue weighted by Gasteiger charge is -2.12. The second-order valence-electron chi connectivity index (χ2n) is 8.30. The Kier molecular flexibility index (Phi) is 3.26. The molecule has 2 atom stereocenters. The second-order valence-corrected chi connectivity index (χ2v) is 8.30. The van der Waals surface area contributed by atoms with Gasteiger partial charge in [-0.1, -0.05) is 24.3 Å². The Labute approximate surface area is 172 Å². The standard InChI is InChI=1S/C24H20N4O2/c1-27-13-15(14-11-19(26-21(14)22(27)29)18-8-5-6-10-25-18)17-12-24(17)16-7-3-4-9-20(16)28(2)23(24)30/h3-11,13,17,26H,12H2,1-2H3/t17-,24-/m0/s1. The largest absolute Gasteiger partial charge is 0.349 e. The Balaban J connectivity index is 1.55. The molecular weight excluding hydrogens is 376 g/mol. The van der Waals surface area contributed by atoms with Crippen LogP contribution in [0.1, 0.15) is 23.5 Å². The van der Waals surface area contributed by atoms with Crippen LogP contribution in [-0.2, 0) is 17.3 Å². The molecule has 1 spiro atoms. The fourth-order valence-corrected chi connectivity index (χ4v) is 5.14. The predicted octanol–water partition coefficient (Wildman–Crippen LogP) is 3.33. The molecule has 2 aliphatic rings. The van der Waals surface area contributed by atoms with E-state index in [1.54, 1.807) is 22.7 Å². The smallest absolute Gasteiger partial charge is 0.274 e. The molecular formula is C24H20N4O2. The van der Waals surface area contributed by atoms with Gasteiger partial charge in [-0.15, -0.1) is 0 Å². The van der Waals surface area contributed by atoms with Gasteiger partial charge in [0.05, 0.1) is 16.8 Å². The molecule has 1 N–H and O–H groups in total. The Morgan fingerprint density at radius 2 is 1.90 bits per heavy atom. The first-order chi connectivity index (χ1) is 14.5. The minimum Gasteiger partial charge on any atom is -0.349 e. The molecule has 6 nitrogen and oxygen atoms in total. The van der Waals surface area contributed by atoms with Crippen LogP contribution in [0.4, 0.5) is 5.69 Å². The lowest BCUT2D eigenvalue weighted by Crippen LogP contribution is -2.29. The number of para-hydroxylation sites is 1. The first kappa shape index (κ1) is 17.2. The summed E-state index contributed by atoms with van der Waals surface area (Å²) in [4.78, 5) is 35.6. The molecule has 6 rings (SSSR count). The number of amides is 1. The van der Waals surface area contributed by atoms with Gasteiger partial charge in [0, 0.05) is 43.5 Å². The van der Waals surface area contributed by atoms with Gasteiger partial charge in [0.25, 0.3) is 5.56 Å². The summed E-state index contributed by atoms with van der Waals surface area (Å²) in [6, 6.07) is 15.7. The summed E-state index contributed by atoms with van der Waals surface area (Å²) in [7, 11) is 3.61. The number of aryl methyl sites for hydroxylation is 1. The number of nitrogens with zero attached hydrogens (tertiary/aromatic N) is 3. The van der Waals surface area contributed by atoms with E-state index < -0.39 is 5.41 Å². The number of benzene rings is 1. The first-order valence-electron chi connectivity index (χ1n) is 10.0. The number of anilines is 1. The molecule has 0 unspecified atom stereocenters. The summed E-state index contributed by atoms with van der Waals surface area (Å²) in [6.45, 7) is 0. The fraction of sp³-hybridized carbons (Fsp3) is 0.208. The maximum absolute atomic E-state index is 13.3. The lowest BCUT2D eigenvalue weighted by molar-refractivity contribution is -0.120. The van der Waals surface area contributed by atoms with Crippen LogP contribution in [0.5, 0.6) is 0 Å². The fourth-order valence-electron chi connectivity index (χ4n) is 5.14. The number of pyridine rings is 2. The molecule has 0 bridgehead atoms. The molecule has 1 amide bonds. The molecule has 1 aliphatic heterocycles. The van der Waals surface area contributed by atoms with Crippen molar-refractivity contribution in [3.05, 3.63) is 82.4 Å². The van der Waals surface area contributed by atoms with Crippen molar-refractivity contribution in [2.75, 3.05) is 11.9 Å². The summed E-state index contributed by atoms with van der Waals surface area (Å²) < 4.78 is 1.61. The van der Waals surface area contributed by atoms with Crippen molar-refractivity contribution in [3.63, 3.8) is 0 Å². The van der Waals surface area contributed by atoms with Gasteiger partial charge in [-0.25, -0.2) is 0 Å². The van der Waals surface area contributed by atoms with Gasteiger partial charge in [0.1, 0.15) is 5.52 Å². The first-order valence-corrected chi connectivity index (χ1v) is 10.0. The van der Waals surface area contributed by atoms with E-state index in [9.17, 15) is 9.59 Å². The number of aromatic nitrogens is 3. The van der Waals surface area contributed by atoms with E-state index in [0.717, 1.165) is 40.0 Å². The highest BCUT2D eigenvalue weighted by atomic mass is 16.2. The third kappa shape index (κ3) is 2.05. The number of hydrogen-bond acceptors (Lipinski definition) is 3. The van der Waals surface area contributed by atoms with Gasteiger partial charge < -0.3 is 14.5 Å². The summed E-state index contributed by atoms with van der Waals surface area (Å²) >= 11 is 0. The predicted molar refractivity (Wildman–Crippen MR) is 116 cm³/mol. The van der Waals surface area contributed by atoms with Gasteiger partial charge in [-0.05, 0) is 41.8 Å². The van der Waals surface area contributed by atoms with Gasteiger partial charge in [-0.2, -0.15) is 0 Å². The van der Waals surface area contributed by atoms with Crippen molar-refractivity contribution in [2.45, 2.75) is 17.8 Å². The number of H-pyrrole nitrogens is 1. The van der Waals surface area contributed by atoms with Gasteiger partial charge in [-0.3, -0.25) is 14.6 Å². The minimum atomic E-state index is -0.530. The highest BCUT2D eigenvalue weighted by molar-refractivity contribution is 6.11. The van der Waals surface area contributed by atoms with E-state index in [1.165, 1.54) is 0 Å². The van der Waals surface area contributed by atoms with Crippen molar-refractivity contribution in [3.8, 4) is 11.4 Å². The number of nitrogens with one attached hydrogen (secondary N) is 1. The topological polar surface area (TPSA) is 71.0 Å². The summed E-state index contributed by atoms with van der Waals surface area (Å²) in [5.74, 6) is 0.175. The van der Waals surface area contributed by atoms with E-state index in [0.29, 0.717) is 5.52 Å². The molecule has 148 valence electrons. The average Bonchev–Trinajstić information content (AvgIpc) is 3.30. The number of hydrogen-bond donors (Lipinski definition) is 1. The highest BCUT2D eigenvalue weighted by Crippen LogP contribution is 2.66. The summed E-state index contributed by atoms with van der Waals surface area (Å²) in [6.07, 6.45) is 4.39.